The Morgan fingerprint density at radius 1 is 1.07 bits per heavy atom. The molecule has 0 amide bonds. The largest absolute Gasteiger partial charge is 0.387 e. The molecule has 0 radical (unpaired) electrons. The molecule has 2 N–H and O–H groups in total. The third kappa shape index (κ3) is 4.38. The quantitative estimate of drug-likeness (QED) is 0.432. The molecule has 2 heterocycles. The smallest absolute Gasteiger partial charge is 0.0977 e. The standard InChI is InChI=1S/C23H25N3OS/c1-16(25-14-17-9-10-19-15-24-12-11-18(19)13-17)5-4-7-21(27)23-20-6-2-3-8-22(20)28-26-23/h2-3,6,8-13,15-16,21,25,27H,4-5,7,14H2,1H3/t16-,21?/m1/s1. The van der Waals surface area contributed by atoms with Crippen LogP contribution in [0.5, 0.6) is 0 Å². The molecule has 0 bridgehead atoms. The molecule has 2 aromatic carbocycles. The molecule has 5 heteroatoms. The van der Waals surface area contributed by atoms with Gasteiger partial charge in [0, 0.05) is 35.8 Å². The van der Waals surface area contributed by atoms with E-state index in [0.717, 1.165) is 41.6 Å². The van der Waals surface area contributed by atoms with E-state index in [2.05, 4.69) is 45.9 Å². The fourth-order valence-corrected chi connectivity index (χ4v) is 4.36. The van der Waals surface area contributed by atoms with E-state index in [0.29, 0.717) is 6.04 Å². The van der Waals surface area contributed by atoms with Gasteiger partial charge in [0.05, 0.1) is 16.5 Å². The molecule has 2 atom stereocenters. The molecule has 0 aliphatic rings. The average molecular weight is 392 g/mol. The van der Waals surface area contributed by atoms with Gasteiger partial charge < -0.3 is 10.4 Å². The Morgan fingerprint density at radius 2 is 1.96 bits per heavy atom. The molecule has 0 spiro atoms. The van der Waals surface area contributed by atoms with Crippen LogP contribution >= 0.6 is 11.5 Å². The normalized spacial score (nSPS) is 13.8. The minimum Gasteiger partial charge on any atom is -0.387 e. The predicted octanol–water partition coefficient (Wildman–Crippen LogP) is 5.23. The number of aliphatic hydroxyl groups excluding tert-OH is 1. The van der Waals surface area contributed by atoms with Crippen LogP contribution in [0.2, 0.25) is 0 Å². The Morgan fingerprint density at radius 3 is 2.89 bits per heavy atom. The number of nitrogens with one attached hydrogen (secondary N) is 1. The molecule has 2 aromatic heterocycles. The van der Waals surface area contributed by atoms with Gasteiger partial charge in [-0.1, -0.05) is 30.3 Å². The number of rotatable bonds is 8. The van der Waals surface area contributed by atoms with Gasteiger partial charge in [0.2, 0.25) is 0 Å². The lowest BCUT2D eigenvalue weighted by Gasteiger charge is -2.15. The van der Waals surface area contributed by atoms with E-state index in [9.17, 15) is 5.11 Å². The van der Waals surface area contributed by atoms with Crippen molar-refractivity contribution in [3.05, 3.63) is 72.2 Å². The van der Waals surface area contributed by atoms with Crippen molar-refractivity contribution in [2.75, 3.05) is 0 Å². The van der Waals surface area contributed by atoms with Crippen LogP contribution in [0.4, 0.5) is 0 Å². The second-order valence-electron chi connectivity index (χ2n) is 7.35. The molecule has 4 rings (SSSR count). The van der Waals surface area contributed by atoms with E-state index in [-0.39, 0.29) is 0 Å². The highest BCUT2D eigenvalue weighted by atomic mass is 32.1. The van der Waals surface area contributed by atoms with Crippen LogP contribution in [0.3, 0.4) is 0 Å². The first kappa shape index (κ1) is 19.0. The van der Waals surface area contributed by atoms with Gasteiger partial charge in [-0.15, -0.1) is 0 Å². The van der Waals surface area contributed by atoms with E-state index in [4.69, 9.17) is 0 Å². The fourth-order valence-electron chi connectivity index (χ4n) is 3.54. The van der Waals surface area contributed by atoms with Gasteiger partial charge in [-0.3, -0.25) is 4.98 Å². The molecule has 0 aliphatic heterocycles. The summed E-state index contributed by atoms with van der Waals surface area (Å²) in [7, 11) is 0. The maximum absolute atomic E-state index is 10.5. The van der Waals surface area contributed by atoms with Crippen molar-refractivity contribution in [1.29, 1.82) is 0 Å². The lowest BCUT2D eigenvalue weighted by molar-refractivity contribution is 0.160. The number of hydrogen-bond donors (Lipinski definition) is 2. The van der Waals surface area contributed by atoms with Crippen LogP contribution in [0.15, 0.2) is 60.9 Å². The molecule has 4 nitrogen and oxygen atoms in total. The summed E-state index contributed by atoms with van der Waals surface area (Å²) in [5.41, 5.74) is 2.10. The molecule has 1 unspecified atom stereocenters. The summed E-state index contributed by atoms with van der Waals surface area (Å²) in [6.07, 6.45) is 5.96. The molecule has 0 saturated heterocycles. The molecular formula is C23H25N3OS. The zero-order valence-corrected chi connectivity index (χ0v) is 16.8. The van der Waals surface area contributed by atoms with Crippen molar-refractivity contribution in [1.82, 2.24) is 14.7 Å². The van der Waals surface area contributed by atoms with Crippen molar-refractivity contribution in [2.24, 2.45) is 0 Å². The molecule has 0 fully saturated rings. The number of fused-ring (bicyclic) bond motifs is 2. The van der Waals surface area contributed by atoms with Gasteiger partial charge in [0.1, 0.15) is 0 Å². The van der Waals surface area contributed by atoms with E-state index < -0.39 is 6.10 Å². The first-order valence-electron chi connectivity index (χ1n) is 9.79. The number of aromatic nitrogens is 2. The predicted molar refractivity (Wildman–Crippen MR) is 116 cm³/mol. The summed E-state index contributed by atoms with van der Waals surface area (Å²) >= 11 is 1.46. The zero-order valence-electron chi connectivity index (χ0n) is 16.0. The Bertz CT molecular complexity index is 1060. The van der Waals surface area contributed by atoms with Crippen molar-refractivity contribution in [3.8, 4) is 0 Å². The maximum Gasteiger partial charge on any atom is 0.0977 e. The highest BCUT2D eigenvalue weighted by Gasteiger charge is 2.15. The van der Waals surface area contributed by atoms with Gasteiger partial charge in [-0.2, -0.15) is 4.37 Å². The summed E-state index contributed by atoms with van der Waals surface area (Å²) in [6.45, 7) is 3.05. The summed E-state index contributed by atoms with van der Waals surface area (Å²) in [5, 5.41) is 17.6. The molecule has 4 aromatic rings. The monoisotopic (exact) mass is 391 g/mol. The molecule has 144 valence electrons. The lowest BCUT2D eigenvalue weighted by Crippen LogP contribution is -2.25. The highest BCUT2D eigenvalue weighted by Crippen LogP contribution is 2.29. The van der Waals surface area contributed by atoms with E-state index in [1.165, 1.54) is 27.9 Å². The van der Waals surface area contributed by atoms with Gasteiger partial charge in [-0.05, 0) is 66.9 Å². The van der Waals surface area contributed by atoms with Crippen LogP contribution < -0.4 is 5.32 Å². The zero-order chi connectivity index (χ0) is 19.3. The van der Waals surface area contributed by atoms with Gasteiger partial charge in [0.25, 0.3) is 0 Å². The third-order valence-corrected chi connectivity index (χ3v) is 6.04. The topological polar surface area (TPSA) is 58.0 Å². The van der Waals surface area contributed by atoms with Crippen LogP contribution in [-0.2, 0) is 6.54 Å². The first-order chi connectivity index (χ1) is 13.7. The van der Waals surface area contributed by atoms with Crippen molar-refractivity contribution in [3.63, 3.8) is 0 Å². The van der Waals surface area contributed by atoms with Crippen LogP contribution in [0, 0.1) is 0 Å². The summed E-state index contributed by atoms with van der Waals surface area (Å²) in [4.78, 5) is 4.16. The van der Waals surface area contributed by atoms with Crippen molar-refractivity contribution in [2.45, 2.75) is 44.9 Å². The molecular weight excluding hydrogens is 366 g/mol. The Labute approximate surface area is 169 Å². The number of pyridine rings is 1. The van der Waals surface area contributed by atoms with Crippen molar-refractivity contribution < 1.29 is 5.11 Å². The third-order valence-electron chi connectivity index (χ3n) is 5.20. The van der Waals surface area contributed by atoms with Gasteiger partial charge in [0.15, 0.2) is 0 Å². The van der Waals surface area contributed by atoms with Crippen molar-refractivity contribution >= 4 is 32.4 Å². The Kier molecular flexibility index (Phi) is 5.95. The van der Waals surface area contributed by atoms with Crippen LogP contribution in [-0.4, -0.2) is 20.5 Å². The molecule has 0 aliphatic carbocycles. The second-order valence-corrected chi connectivity index (χ2v) is 8.15. The van der Waals surface area contributed by atoms with Gasteiger partial charge >= 0.3 is 0 Å². The highest BCUT2D eigenvalue weighted by molar-refractivity contribution is 7.13. The molecule has 28 heavy (non-hydrogen) atoms. The number of nitrogens with zero attached hydrogens (tertiary/aromatic N) is 2. The number of hydrogen-bond acceptors (Lipinski definition) is 5. The number of aliphatic hydroxyl groups is 1. The lowest BCUT2D eigenvalue weighted by atomic mass is 10.0. The van der Waals surface area contributed by atoms with Crippen LogP contribution in [0.25, 0.3) is 20.9 Å². The van der Waals surface area contributed by atoms with E-state index in [1.807, 2.05) is 36.7 Å². The Balaban J connectivity index is 1.25. The van der Waals surface area contributed by atoms with E-state index >= 15 is 0 Å². The van der Waals surface area contributed by atoms with E-state index in [1.54, 1.807) is 0 Å². The van der Waals surface area contributed by atoms with Crippen LogP contribution in [0.1, 0.15) is 43.5 Å². The Hall–Kier alpha value is -2.34. The minimum atomic E-state index is -0.488. The SMILES string of the molecule is C[C@H](CCCC(O)c1nsc2ccccc12)NCc1ccc2cnccc2c1. The number of benzene rings is 2. The average Bonchev–Trinajstić information content (AvgIpc) is 3.16. The molecule has 0 saturated carbocycles. The first-order valence-corrected chi connectivity index (χ1v) is 10.6. The fraction of sp³-hybridized carbons (Fsp3) is 0.304. The van der Waals surface area contributed by atoms with Gasteiger partial charge in [-0.25, -0.2) is 0 Å². The second kappa shape index (κ2) is 8.78. The maximum atomic E-state index is 10.5. The minimum absolute atomic E-state index is 0.396. The summed E-state index contributed by atoms with van der Waals surface area (Å²) < 4.78 is 5.60. The summed E-state index contributed by atoms with van der Waals surface area (Å²) in [5.74, 6) is 0. The summed E-state index contributed by atoms with van der Waals surface area (Å²) in [6, 6.07) is 17.0.